The molecule has 0 heterocycles. The number of halogens is 1. The number of anilines is 1. The molecule has 1 amide bonds. The van der Waals surface area contributed by atoms with E-state index in [4.69, 9.17) is 10.8 Å². The molecule has 1 unspecified atom stereocenters. The van der Waals surface area contributed by atoms with Crippen molar-refractivity contribution in [2.24, 2.45) is 11.1 Å². The average Bonchev–Trinajstić information content (AvgIpc) is 2.30. The molecular weight excluding hydrogens is 324 g/mol. The van der Waals surface area contributed by atoms with Crippen LogP contribution in [-0.2, 0) is 4.79 Å². The van der Waals surface area contributed by atoms with E-state index in [9.17, 15) is 9.59 Å². The van der Waals surface area contributed by atoms with Crippen molar-refractivity contribution in [3.63, 3.8) is 0 Å². The number of hydrogen-bond acceptors (Lipinski definition) is 3. The van der Waals surface area contributed by atoms with E-state index in [1.807, 2.05) is 20.8 Å². The van der Waals surface area contributed by atoms with Gasteiger partial charge < -0.3 is 16.2 Å². The van der Waals surface area contributed by atoms with E-state index < -0.39 is 5.97 Å². The van der Waals surface area contributed by atoms with Crippen molar-refractivity contribution in [3.8, 4) is 0 Å². The Bertz CT molecular complexity index is 524. The fraction of sp³-hybridized carbons (Fsp3) is 0.429. The van der Waals surface area contributed by atoms with Gasteiger partial charge in [0.1, 0.15) is 0 Å². The first-order valence-corrected chi connectivity index (χ1v) is 6.99. The molecule has 0 fully saturated rings. The van der Waals surface area contributed by atoms with Crippen LogP contribution in [-0.4, -0.2) is 23.0 Å². The van der Waals surface area contributed by atoms with Crippen LogP contribution in [0.15, 0.2) is 22.7 Å². The Labute approximate surface area is 126 Å². The summed E-state index contributed by atoms with van der Waals surface area (Å²) in [5.41, 5.74) is 6.49. The molecule has 0 radical (unpaired) electrons. The van der Waals surface area contributed by atoms with Gasteiger partial charge in [-0.2, -0.15) is 0 Å². The fourth-order valence-corrected chi connectivity index (χ4v) is 1.93. The van der Waals surface area contributed by atoms with E-state index in [1.54, 1.807) is 6.07 Å². The predicted octanol–water partition coefficient (Wildman–Crippen LogP) is 2.85. The summed E-state index contributed by atoms with van der Waals surface area (Å²) in [6.45, 7) is 5.92. The normalized spacial score (nSPS) is 12.8. The quantitative estimate of drug-likeness (QED) is 0.784. The van der Waals surface area contributed by atoms with Gasteiger partial charge in [0.25, 0.3) is 0 Å². The smallest absolute Gasteiger partial charge is 0.335 e. The summed E-state index contributed by atoms with van der Waals surface area (Å²) in [6.07, 6.45) is 0.205. The lowest BCUT2D eigenvalue weighted by molar-refractivity contribution is -0.117. The Hall–Kier alpha value is -1.40. The molecule has 20 heavy (non-hydrogen) atoms. The predicted molar refractivity (Wildman–Crippen MR) is 81.8 cm³/mol. The van der Waals surface area contributed by atoms with Crippen LogP contribution in [0.25, 0.3) is 0 Å². The van der Waals surface area contributed by atoms with Crippen LogP contribution in [0.5, 0.6) is 0 Å². The van der Waals surface area contributed by atoms with Gasteiger partial charge in [0.05, 0.1) is 11.3 Å². The van der Waals surface area contributed by atoms with Crippen molar-refractivity contribution in [1.29, 1.82) is 0 Å². The maximum Gasteiger partial charge on any atom is 0.335 e. The molecule has 5 nitrogen and oxygen atoms in total. The van der Waals surface area contributed by atoms with Crippen molar-refractivity contribution in [3.05, 3.63) is 28.2 Å². The maximum atomic E-state index is 11.9. The maximum absolute atomic E-state index is 11.9. The Morgan fingerprint density at radius 1 is 1.40 bits per heavy atom. The second kappa shape index (κ2) is 6.37. The minimum atomic E-state index is -1.02. The second-order valence-electron chi connectivity index (χ2n) is 5.72. The zero-order chi connectivity index (χ0) is 15.5. The van der Waals surface area contributed by atoms with Crippen LogP contribution >= 0.6 is 15.9 Å². The molecule has 6 heteroatoms. The van der Waals surface area contributed by atoms with Gasteiger partial charge in [-0.15, -0.1) is 0 Å². The van der Waals surface area contributed by atoms with Gasteiger partial charge in [-0.1, -0.05) is 20.8 Å². The number of hydrogen-bond donors (Lipinski definition) is 3. The molecule has 4 N–H and O–H groups in total. The first-order valence-electron chi connectivity index (χ1n) is 6.19. The lowest BCUT2D eigenvalue weighted by atomic mass is 9.85. The summed E-state index contributed by atoms with van der Waals surface area (Å²) < 4.78 is 0.523. The first-order chi connectivity index (χ1) is 9.11. The third-order valence-electron chi connectivity index (χ3n) is 3.01. The van der Waals surface area contributed by atoms with Gasteiger partial charge >= 0.3 is 5.97 Å². The van der Waals surface area contributed by atoms with E-state index in [1.165, 1.54) is 12.1 Å². The third-order valence-corrected chi connectivity index (χ3v) is 3.66. The van der Waals surface area contributed by atoms with Crippen LogP contribution in [0.2, 0.25) is 0 Å². The summed E-state index contributed by atoms with van der Waals surface area (Å²) in [4.78, 5) is 22.7. The molecule has 0 aliphatic heterocycles. The zero-order valence-corrected chi connectivity index (χ0v) is 13.3. The van der Waals surface area contributed by atoms with Crippen molar-refractivity contribution >= 4 is 33.5 Å². The molecule has 0 bridgehead atoms. The number of nitrogens with two attached hydrogens (primary N) is 1. The number of carboxylic acid groups (broad SMARTS) is 1. The lowest BCUT2D eigenvalue weighted by Crippen LogP contribution is -2.38. The number of nitrogens with one attached hydrogen (secondary N) is 1. The van der Waals surface area contributed by atoms with Gasteiger partial charge in [0.2, 0.25) is 5.91 Å². The summed E-state index contributed by atoms with van der Waals surface area (Å²) >= 11 is 3.24. The molecule has 1 aromatic rings. The fourth-order valence-electron chi connectivity index (χ4n) is 1.46. The van der Waals surface area contributed by atoms with Crippen LogP contribution in [0.1, 0.15) is 37.6 Å². The highest BCUT2D eigenvalue weighted by Gasteiger charge is 2.23. The molecule has 1 rings (SSSR count). The number of amides is 1. The lowest BCUT2D eigenvalue weighted by Gasteiger charge is -2.26. The van der Waals surface area contributed by atoms with Gasteiger partial charge in [-0.05, 0) is 39.5 Å². The minimum Gasteiger partial charge on any atom is -0.478 e. The van der Waals surface area contributed by atoms with E-state index >= 15 is 0 Å². The summed E-state index contributed by atoms with van der Waals surface area (Å²) in [6, 6.07) is 4.18. The van der Waals surface area contributed by atoms with Crippen LogP contribution < -0.4 is 11.1 Å². The minimum absolute atomic E-state index is 0.151. The van der Waals surface area contributed by atoms with E-state index in [0.29, 0.717) is 10.2 Å². The van der Waals surface area contributed by atoms with Crippen molar-refractivity contribution in [1.82, 2.24) is 0 Å². The molecule has 0 aliphatic carbocycles. The molecule has 0 aliphatic rings. The van der Waals surface area contributed by atoms with E-state index in [0.717, 1.165) is 0 Å². The first kappa shape index (κ1) is 16.7. The highest BCUT2D eigenvalue weighted by molar-refractivity contribution is 9.10. The number of carbonyl (C=O) groups excluding carboxylic acids is 1. The number of rotatable bonds is 4. The highest BCUT2D eigenvalue weighted by atomic mass is 79.9. The van der Waals surface area contributed by atoms with Crippen LogP contribution in [0.3, 0.4) is 0 Å². The Morgan fingerprint density at radius 3 is 2.45 bits per heavy atom. The Morgan fingerprint density at radius 2 is 2.00 bits per heavy atom. The van der Waals surface area contributed by atoms with Crippen molar-refractivity contribution in [2.75, 3.05) is 5.32 Å². The Balaban J connectivity index is 2.74. The molecule has 0 saturated heterocycles. The number of carboxylic acids is 1. The third kappa shape index (κ3) is 4.61. The largest absolute Gasteiger partial charge is 0.478 e. The molecule has 0 saturated carbocycles. The monoisotopic (exact) mass is 342 g/mol. The average molecular weight is 343 g/mol. The molecule has 1 atom stereocenters. The van der Waals surface area contributed by atoms with Crippen molar-refractivity contribution < 1.29 is 14.7 Å². The van der Waals surface area contributed by atoms with E-state index in [2.05, 4.69) is 21.2 Å². The molecule has 0 spiro atoms. The van der Waals surface area contributed by atoms with Crippen LogP contribution in [0, 0.1) is 5.41 Å². The van der Waals surface area contributed by atoms with Gasteiger partial charge in [0.15, 0.2) is 0 Å². The summed E-state index contributed by atoms with van der Waals surface area (Å²) in [7, 11) is 0. The van der Waals surface area contributed by atoms with E-state index in [-0.39, 0.29) is 29.3 Å². The highest BCUT2D eigenvalue weighted by Crippen LogP contribution is 2.25. The number of aromatic carboxylic acids is 1. The van der Waals surface area contributed by atoms with Crippen molar-refractivity contribution in [2.45, 2.75) is 33.2 Å². The second-order valence-corrected chi connectivity index (χ2v) is 6.58. The molecule has 0 aromatic heterocycles. The molecule has 1 aromatic carbocycles. The summed E-state index contributed by atoms with van der Waals surface area (Å²) in [5.74, 6) is -1.21. The Kier molecular flexibility index (Phi) is 5.30. The molecule has 110 valence electrons. The summed E-state index contributed by atoms with van der Waals surface area (Å²) in [5, 5.41) is 11.6. The van der Waals surface area contributed by atoms with Gasteiger partial charge in [0, 0.05) is 16.9 Å². The molecular formula is C14H19BrN2O3. The SMILES string of the molecule is CC(C)(C)C(N)CC(=O)Nc1ccc(C(=O)O)cc1Br. The van der Waals surface area contributed by atoms with Gasteiger partial charge in [-0.25, -0.2) is 4.79 Å². The van der Waals surface area contributed by atoms with Crippen LogP contribution in [0.4, 0.5) is 5.69 Å². The topological polar surface area (TPSA) is 92.4 Å². The van der Waals surface area contributed by atoms with Gasteiger partial charge in [-0.3, -0.25) is 4.79 Å². The number of benzene rings is 1. The number of carbonyl (C=O) groups is 2. The standard InChI is InChI=1S/C14H19BrN2O3/c1-14(2,3)11(16)7-12(18)17-10-5-4-8(13(19)20)6-9(10)15/h4-6,11H,7,16H2,1-3H3,(H,17,18)(H,19,20). The zero-order valence-electron chi connectivity index (χ0n) is 11.7.